The maximum atomic E-state index is 15.0. The smallest absolute Gasteiger partial charge is 0.178 e. The van der Waals surface area contributed by atoms with Gasteiger partial charge in [0, 0.05) is 43.5 Å². The summed E-state index contributed by atoms with van der Waals surface area (Å²) in [4.78, 5) is 20.3. The number of hydrogen-bond donors (Lipinski definition) is 0. The Bertz CT molecular complexity index is 1480. The molecule has 4 aromatic rings. The highest BCUT2D eigenvalue weighted by molar-refractivity contribution is 7.18. The molecule has 1 fully saturated rings. The molecule has 0 atom stereocenters. The fourth-order valence-corrected chi connectivity index (χ4v) is 6.05. The van der Waals surface area contributed by atoms with Crippen molar-refractivity contribution in [1.82, 2.24) is 19.9 Å². The third kappa shape index (κ3) is 4.78. The van der Waals surface area contributed by atoms with Crippen LogP contribution in [0.3, 0.4) is 0 Å². The van der Waals surface area contributed by atoms with E-state index in [1.807, 2.05) is 13.8 Å². The molecule has 7 nitrogen and oxygen atoms in total. The summed E-state index contributed by atoms with van der Waals surface area (Å²) in [6.45, 7) is 9.20. The highest BCUT2D eigenvalue weighted by Gasteiger charge is 2.26. The molecule has 2 aromatic heterocycles. The summed E-state index contributed by atoms with van der Waals surface area (Å²) in [6.07, 6.45) is 1.52. The summed E-state index contributed by atoms with van der Waals surface area (Å²) >= 11 is 1.58. The first-order valence-corrected chi connectivity index (χ1v) is 13.7. The Kier molecular flexibility index (Phi) is 6.61. The Labute approximate surface area is 224 Å². The van der Waals surface area contributed by atoms with Crippen LogP contribution < -0.4 is 14.5 Å². The molecule has 0 saturated carbocycles. The highest BCUT2D eigenvalue weighted by atomic mass is 32.1. The van der Waals surface area contributed by atoms with Gasteiger partial charge in [-0.15, -0.1) is 11.3 Å². The van der Waals surface area contributed by atoms with Gasteiger partial charge in [-0.25, -0.2) is 23.7 Å². The minimum atomic E-state index is -0.595. The molecule has 2 aliphatic rings. The molecule has 0 radical (unpaired) electrons. The molecule has 0 aliphatic carbocycles. The Hall–Kier alpha value is -3.37. The summed E-state index contributed by atoms with van der Waals surface area (Å²) in [5.74, 6) is -0.476. The molecule has 10 heteroatoms. The van der Waals surface area contributed by atoms with Gasteiger partial charge < -0.3 is 19.4 Å². The fourth-order valence-electron chi connectivity index (χ4n) is 5.10. The Morgan fingerprint density at radius 2 is 1.82 bits per heavy atom. The third-order valence-corrected chi connectivity index (χ3v) is 8.23. The number of rotatable bonds is 5. The largest absolute Gasteiger partial charge is 0.486 e. The molecule has 0 N–H and O–H groups in total. The first kappa shape index (κ1) is 24.9. The molecule has 4 heterocycles. The second kappa shape index (κ2) is 10.1. The number of ether oxygens (including phenoxy) is 1. The Balaban J connectivity index is 1.28. The zero-order chi connectivity index (χ0) is 26.4. The summed E-state index contributed by atoms with van der Waals surface area (Å²) in [6, 6.07) is 9.58. The molecule has 38 heavy (non-hydrogen) atoms. The van der Waals surface area contributed by atoms with Crippen molar-refractivity contribution in [2.24, 2.45) is 0 Å². The molecule has 0 bridgehead atoms. The number of fused-ring (bicyclic) bond motifs is 2. The number of nitrogens with zero attached hydrogens (tertiary/aromatic N) is 6. The SMILES string of the molecule is CC(C)N1CCOc2c(F)cc(-c3nc(Cc4nc5cc(N6CCN(C)CC6)ccc5s4)ncc3F)cc21. The molecule has 1 saturated heterocycles. The molecule has 0 amide bonds. The quantitative estimate of drug-likeness (QED) is 0.357. The van der Waals surface area contributed by atoms with E-state index in [0.717, 1.165) is 47.6 Å². The minimum Gasteiger partial charge on any atom is -0.486 e. The van der Waals surface area contributed by atoms with E-state index in [4.69, 9.17) is 9.72 Å². The van der Waals surface area contributed by atoms with Gasteiger partial charge in [0.05, 0.1) is 35.1 Å². The number of benzene rings is 2. The zero-order valence-corrected chi connectivity index (χ0v) is 22.6. The van der Waals surface area contributed by atoms with Crippen LogP contribution in [0.25, 0.3) is 21.5 Å². The van der Waals surface area contributed by atoms with Crippen molar-refractivity contribution in [1.29, 1.82) is 0 Å². The van der Waals surface area contributed by atoms with E-state index in [1.54, 1.807) is 17.4 Å². The average Bonchev–Trinajstić information content (AvgIpc) is 3.31. The van der Waals surface area contributed by atoms with Crippen molar-refractivity contribution in [2.45, 2.75) is 26.3 Å². The molecule has 2 aromatic carbocycles. The lowest BCUT2D eigenvalue weighted by Crippen LogP contribution is -2.44. The highest BCUT2D eigenvalue weighted by Crippen LogP contribution is 2.39. The number of hydrogen-bond acceptors (Lipinski definition) is 8. The van der Waals surface area contributed by atoms with E-state index in [-0.39, 0.29) is 17.5 Å². The predicted molar refractivity (Wildman–Crippen MR) is 147 cm³/mol. The summed E-state index contributed by atoms with van der Waals surface area (Å²) in [5, 5.41) is 0.851. The van der Waals surface area contributed by atoms with Crippen LogP contribution >= 0.6 is 11.3 Å². The van der Waals surface area contributed by atoms with Crippen LogP contribution in [0.1, 0.15) is 24.7 Å². The normalized spacial score (nSPS) is 16.3. The first-order valence-electron chi connectivity index (χ1n) is 12.9. The lowest BCUT2D eigenvalue weighted by molar-refractivity contribution is 0.287. The molecular weight excluding hydrogens is 506 g/mol. The van der Waals surface area contributed by atoms with Crippen molar-refractivity contribution >= 4 is 32.9 Å². The van der Waals surface area contributed by atoms with E-state index in [0.29, 0.717) is 36.6 Å². The molecule has 198 valence electrons. The maximum absolute atomic E-state index is 15.0. The van der Waals surface area contributed by atoms with Crippen molar-refractivity contribution in [3.63, 3.8) is 0 Å². The van der Waals surface area contributed by atoms with Crippen molar-refractivity contribution in [3.05, 3.63) is 59.0 Å². The van der Waals surface area contributed by atoms with E-state index >= 15 is 4.39 Å². The van der Waals surface area contributed by atoms with Crippen molar-refractivity contribution < 1.29 is 13.5 Å². The number of aromatic nitrogens is 3. The molecule has 0 unspecified atom stereocenters. The van der Waals surface area contributed by atoms with E-state index in [9.17, 15) is 4.39 Å². The van der Waals surface area contributed by atoms with Gasteiger partial charge in [0.25, 0.3) is 0 Å². The summed E-state index contributed by atoms with van der Waals surface area (Å²) in [7, 11) is 2.15. The summed E-state index contributed by atoms with van der Waals surface area (Å²) in [5.41, 5.74) is 3.16. The van der Waals surface area contributed by atoms with Gasteiger partial charge in [-0.2, -0.15) is 0 Å². The van der Waals surface area contributed by atoms with Crippen molar-refractivity contribution in [2.75, 3.05) is 56.2 Å². The first-order chi connectivity index (χ1) is 18.4. The number of anilines is 2. The van der Waals surface area contributed by atoms with Crippen LogP contribution in [0.2, 0.25) is 0 Å². The molecule has 2 aliphatic heterocycles. The monoisotopic (exact) mass is 536 g/mol. The van der Waals surface area contributed by atoms with Gasteiger partial charge in [-0.05, 0) is 51.2 Å². The predicted octanol–water partition coefficient (Wildman–Crippen LogP) is 4.98. The number of halogens is 2. The van der Waals surface area contributed by atoms with E-state index < -0.39 is 11.6 Å². The average molecular weight is 537 g/mol. The van der Waals surface area contributed by atoms with Crippen LogP contribution in [-0.4, -0.2) is 72.3 Å². The van der Waals surface area contributed by atoms with Gasteiger partial charge >= 0.3 is 0 Å². The van der Waals surface area contributed by atoms with Gasteiger partial charge in [0.2, 0.25) is 0 Å². The number of likely N-dealkylation sites (N-methyl/N-ethyl adjacent to an activating group) is 1. The molecule has 6 rings (SSSR count). The molecular formula is C28H30F2N6OS. The van der Waals surface area contributed by atoms with E-state index in [2.05, 4.69) is 49.9 Å². The lowest BCUT2D eigenvalue weighted by Gasteiger charge is -2.34. The second-order valence-electron chi connectivity index (χ2n) is 10.2. The standard InChI is InChI=1S/C28H30F2N6OS/c1-17(2)36-10-11-37-28-20(29)12-18(13-23(28)36)27-21(30)16-31-25(33-27)15-26-32-22-14-19(4-5-24(22)38-26)35-8-6-34(3)7-9-35/h4-5,12-14,16-17H,6-11,15H2,1-3H3. The van der Waals surface area contributed by atoms with Gasteiger partial charge in [0.15, 0.2) is 17.4 Å². The summed E-state index contributed by atoms with van der Waals surface area (Å²) < 4.78 is 36.6. The van der Waals surface area contributed by atoms with Crippen LogP contribution in [0.15, 0.2) is 36.5 Å². The van der Waals surface area contributed by atoms with Gasteiger partial charge in [-0.3, -0.25) is 0 Å². The number of piperazine rings is 1. The van der Waals surface area contributed by atoms with Crippen LogP contribution in [0.4, 0.5) is 20.2 Å². The lowest BCUT2D eigenvalue weighted by atomic mass is 10.1. The van der Waals surface area contributed by atoms with Crippen molar-refractivity contribution in [3.8, 4) is 17.0 Å². The van der Waals surface area contributed by atoms with Crippen LogP contribution in [-0.2, 0) is 6.42 Å². The van der Waals surface area contributed by atoms with E-state index in [1.165, 1.54) is 11.8 Å². The van der Waals surface area contributed by atoms with Gasteiger partial charge in [-0.1, -0.05) is 0 Å². The third-order valence-electron chi connectivity index (χ3n) is 7.20. The van der Waals surface area contributed by atoms with Crippen LogP contribution in [0.5, 0.6) is 5.75 Å². The minimum absolute atomic E-state index is 0.0736. The Morgan fingerprint density at radius 3 is 2.61 bits per heavy atom. The maximum Gasteiger partial charge on any atom is 0.178 e. The number of thiazole rings is 1. The molecule has 0 spiro atoms. The fraction of sp³-hybridized carbons (Fsp3) is 0.393. The van der Waals surface area contributed by atoms with Gasteiger partial charge in [0.1, 0.15) is 23.1 Å². The zero-order valence-electron chi connectivity index (χ0n) is 21.7. The van der Waals surface area contributed by atoms with Crippen LogP contribution in [0, 0.1) is 11.6 Å². The topological polar surface area (TPSA) is 57.6 Å². The second-order valence-corrected chi connectivity index (χ2v) is 11.3. The Morgan fingerprint density at radius 1 is 1.00 bits per heavy atom.